The normalized spacial score (nSPS) is 17.1. The highest BCUT2D eigenvalue weighted by Crippen LogP contribution is 2.58. The summed E-state index contributed by atoms with van der Waals surface area (Å²) in [4.78, 5) is 6.67. The van der Waals surface area contributed by atoms with Crippen molar-refractivity contribution in [3.05, 3.63) is 179 Å². The van der Waals surface area contributed by atoms with Gasteiger partial charge in [-0.1, -0.05) is 170 Å². The Kier molecular flexibility index (Phi) is 8.90. The highest BCUT2D eigenvalue weighted by molar-refractivity contribution is 6.69. The summed E-state index contributed by atoms with van der Waals surface area (Å²) in [6.07, 6.45) is 4.64. The summed E-state index contributed by atoms with van der Waals surface area (Å²) >= 11 is 0. The lowest BCUT2D eigenvalue weighted by molar-refractivity contribution is 0.331. The Hall–Kier alpha value is -6.78. The number of furan rings is 1. The van der Waals surface area contributed by atoms with Crippen LogP contribution in [-0.2, 0) is 16.2 Å². The molecule has 8 aromatic carbocycles. The Labute approximate surface area is 401 Å². The molecule has 4 heteroatoms. The summed E-state index contributed by atoms with van der Waals surface area (Å²) in [5.41, 5.74) is 22.0. The largest absolute Gasteiger partial charge is 0.456 e. The summed E-state index contributed by atoms with van der Waals surface area (Å²) < 4.78 is 7.06. The second kappa shape index (κ2) is 14.6. The van der Waals surface area contributed by atoms with Gasteiger partial charge in [-0.25, -0.2) is 0 Å². The van der Waals surface area contributed by atoms with E-state index in [1.54, 1.807) is 0 Å². The summed E-state index contributed by atoms with van der Waals surface area (Å²) in [5.74, 6) is 0.438. The zero-order chi connectivity index (χ0) is 46.4. The first-order chi connectivity index (χ1) is 32.8. The smallest absolute Gasteiger partial charge is 0.193 e. The van der Waals surface area contributed by atoms with E-state index in [1.807, 2.05) is 0 Å². The minimum Gasteiger partial charge on any atom is -0.456 e. The molecule has 2 aromatic heterocycles. The van der Waals surface area contributed by atoms with E-state index in [2.05, 4.69) is 218 Å². The number of nitrogens with one attached hydrogen (secondary N) is 1. The van der Waals surface area contributed by atoms with Crippen molar-refractivity contribution in [2.24, 2.45) is 0 Å². The average Bonchev–Trinajstić information content (AvgIpc) is 3.97. The molecule has 333 valence electrons. The fraction of sp³-hybridized carbons (Fsp3) is 0.250. The van der Waals surface area contributed by atoms with Gasteiger partial charge in [0.15, 0.2) is 7.28 Å². The quantitative estimate of drug-likeness (QED) is 0.169. The van der Waals surface area contributed by atoms with Gasteiger partial charge in [0, 0.05) is 66.6 Å². The van der Waals surface area contributed by atoms with Crippen molar-refractivity contribution in [2.75, 3.05) is 4.90 Å². The van der Waals surface area contributed by atoms with E-state index < -0.39 is 0 Å². The lowest BCUT2D eigenvalue weighted by Crippen LogP contribution is -2.38. The molecule has 1 radical (unpaired) electrons. The number of allylic oxidation sites excluding steroid dienone is 1. The van der Waals surface area contributed by atoms with Crippen molar-refractivity contribution < 1.29 is 4.42 Å². The standard InChI is InChI=1S/C64H58BN2O/c1-9-18-37(2)39-27-28-52(45(31-39)38-19-11-10-12-20-38)67-53-36-55-56(43-23-15-16-26-54(43)68-55)57(44-25-17-24-42-46-32-40-21-13-14-22-41(40)33-51(46)66-59(42)44)58(53)65-61-60(67)47-34-49-50(35-48(47)64(61,7)8)63(5,6)30-29-62(49,3)4/h10-17,19-28,31-37,66H,9,18,29-30H2,1-8H3/t37-/m0/s1. The van der Waals surface area contributed by atoms with Gasteiger partial charge in [0.25, 0.3) is 0 Å². The van der Waals surface area contributed by atoms with Crippen LogP contribution in [0.1, 0.15) is 115 Å². The molecule has 0 amide bonds. The van der Waals surface area contributed by atoms with Crippen LogP contribution in [0.15, 0.2) is 155 Å². The Morgan fingerprint density at radius 1 is 0.618 bits per heavy atom. The van der Waals surface area contributed by atoms with Crippen LogP contribution in [0.4, 0.5) is 11.4 Å². The molecule has 10 aromatic rings. The molecular formula is C64H58BN2O. The van der Waals surface area contributed by atoms with Gasteiger partial charge in [0.1, 0.15) is 11.2 Å². The van der Waals surface area contributed by atoms with E-state index >= 15 is 0 Å². The third-order valence-electron chi connectivity index (χ3n) is 16.7. The minimum absolute atomic E-state index is 0.0540. The van der Waals surface area contributed by atoms with Gasteiger partial charge in [0.05, 0.1) is 11.2 Å². The molecule has 0 unspecified atom stereocenters. The SMILES string of the molecule is CCC[C@H](C)c1ccc(N2C3=C([B]c4c2cc2oc5ccccc5c2c4-c2cccc4c2[nH]c2cc5ccccc5cc24)C(C)(C)c2cc4c(cc23)C(C)(C)CCC4(C)C)c(-c2ccccc2)c1. The van der Waals surface area contributed by atoms with Crippen molar-refractivity contribution >= 4 is 84.3 Å². The number of hydrogen-bond donors (Lipinski definition) is 1. The monoisotopic (exact) mass is 881 g/mol. The molecule has 13 rings (SSSR count). The van der Waals surface area contributed by atoms with E-state index in [0.29, 0.717) is 5.92 Å². The first kappa shape index (κ1) is 41.4. The van der Waals surface area contributed by atoms with Crippen LogP contribution in [0.25, 0.3) is 82.5 Å². The van der Waals surface area contributed by atoms with Gasteiger partial charge < -0.3 is 14.3 Å². The number of anilines is 2. The van der Waals surface area contributed by atoms with Crippen LogP contribution in [0.3, 0.4) is 0 Å². The third kappa shape index (κ3) is 5.92. The van der Waals surface area contributed by atoms with Crippen LogP contribution >= 0.6 is 0 Å². The molecule has 0 bridgehead atoms. The second-order valence-corrected chi connectivity index (χ2v) is 22.2. The van der Waals surface area contributed by atoms with Crippen molar-refractivity contribution in [1.29, 1.82) is 0 Å². The van der Waals surface area contributed by atoms with Gasteiger partial charge in [-0.15, -0.1) is 0 Å². The number of rotatable bonds is 6. The van der Waals surface area contributed by atoms with Crippen molar-refractivity contribution in [3.8, 4) is 22.3 Å². The predicted octanol–water partition coefficient (Wildman–Crippen LogP) is 17.1. The molecule has 1 N–H and O–H groups in total. The number of para-hydroxylation sites is 2. The maximum absolute atomic E-state index is 7.06. The van der Waals surface area contributed by atoms with Gasteiger partial charge in [-0.05, 0) is 122 Å². The number of benzene rings is 8. The molecule has 1 aliphatic heterocycles. The number of hydrogen-bond acceptors (Lipinski definition) is 2. The molecule has 68 heavy (non-hydrogen) atoms. The van der Waals surface area contributed by atoms with Gasteiger partial charge in [-0.2, -0.15) is 0 Å². The van der Waals surface area contributed by atoms with Crippen molar-refractivity contribution in [2.45, 2.75) is 103 Å². The fourth-order valence-electron chi connectivity index (χ4n) is 12.7. The predicted molar refractivity (Wildman–Crippen MR) is 290 cm³/mol. The minimum atomic E-state index is -0.298. The Bertz CT molecular complexity index is 3780. The molecule has 0 saturated carbocycles. The van der Waals surface area contributed by atoms with E-state index in [4.69, 9.17) is 4.42 Å². The van der Waals surface area contributed by atoms with Crippen molar-refractivity contribution in [3.63, 3.8) is 0 Å². The van der Waals surface area contributed by atoms with Gasteiger partial charge in [0.2, 0.25) is 0 Å². The molecule has 2 aliphatic carbocycles. The van der Waals surface area contributed by atoms with Crippen LogP contribution in [-0.4, -0.2) is 12.3 Å². The highest BCUT2D eigenvalue weighted by Gasteiger charge is 2.48. The summed E-state index contributed by atoms with van der Waals surface area (Å²) in [7, 11) is 2.59. The van der Waals surface area contributed by atoms with Crippen molar-refractivity contribution in [1.82, 2.24) is 4.98 Å². The van der Waals surface area contributed by atoms with E-state index in [-0.39, 0.29) is 16.2 Å². The van der Waals surface area contributed by atoms with Crippen LogP contribution in [0.5, 0.6) is 0 Å². The van der Waals surface area contributed by atoms with E-state index in [9.17, 15) is 0 Å². The molecule has 0 saturated heterocycles. The van der Waals surface area contributed by atoms with Gasteiger partial charge >= 0.3 is 0 Å². The lowest BCUT2D eigenvalue weighted by atomic mass is 9.51. The number of fused-ring (bicyclic) bond motifs is 11. The van der Waals surface area contributed by atoms with E-state index in [1.165, 1.54) is 100 Å². The highest BCUT2D eigenvalue weighted by atomic mass is 16.3. The number of nitrogens with zero attached hydrogens (tertiary/aromatic N) is 1. The number of H-pyrrole nitrogens is 1. The molecule has 1 atom stereocenters. The number of aromatic amines is 1. The second-order valence-electron chi connectivity index (χ2n) is 22.2. The summed E-state index contributed by atoms with van der Waals surface area (Å²) in [5, 5.41) is 7.22. The average molecular weight is 882 g/mol. The molecule has 3 heterocycles. The molecular weight excluding hydrogens is 824 g/mol. The van der Waals surface area contributed by atoms with Crippen LogP contribution in [0, 0.1) is 0 Å². The van der Waals surface area contributed by atoms with Crippen LogP contribution < -0.4 is 10.4 Å². The fourth-order valence-corrected chi connectivity index (χ4v) is 12.7. The first-order valence-corrected chi connectivity index (χ1v) is 25.0. The zero-order valence-electron chi connectivity index (χ0n) is 40.7. The van der Waals surface area contributed by atoms with Gasteiger partial charge in [-0.3, -0.25) is 0 Å². The van der Waals surface area contributed by atoms with Crippen LogP contribution in [0.2, 0.25) is 0 Å². The molecule has 0 fully saturated rings. The van der Waals surface area contributed by atoms with E-state index in [0.717, 1.165) is 57.9 Å². The first-order valence-electron chi connectivity index (χ1n) is 25.0. The zero-order valence-corrected chi connectivity index (χ0v) is 40.7. The molecule has 3 aliphatic rings. The lowest BCUT2D eigenvalue weighted by Gasteiger charge is -2.43. The topological polar surface area (TPSA) is 32.2 Å². The maximum atomic E-state index is 7.06. The number of aromatic nitrogens is 1. The summed E-state index contributed by atoms with van der Waals surface area (Å²) in [6.45, 7) is 19.5. The Balaban J connectivity index is 1.17. The molecule has 0 spiro atoms. The Morgan fingerprint density at radius 2 is 1.32 bits per heavy atom. The molecule has 3 nitrogen and oxygen atoms in total. The maximum Gasteiger partial charge on any atom is 0.193 e. The third-order valence-corrected chi connectivity index (χ3v) is 16.7. The Morgan fingerprint density at radius 3 is 2.10 bits per heavy atom. The summed E-state index contributed by atoms with van der Waals surface area (Å²) in [6, 6.07) is 54.9.